The van der Waals surface area contributed by atoms with Gasteiger partial charge in [0.05, 0.1) is 16.6 Å². The normalized spacial score (nSPS) is 11.4. The van der Waals surface area contributed by atoms with Crippen molar-refractivity contribution in [2.45, 2.75) is 19.9 Å². The van der Waals surface area contributed by atoms with Gasteiger partial charge in [-0.15, -0.1) is 15.3 Å². The molecule has 0 radical (unpaired) electrons. The lowest BCUT2D eigenvalue weighted by Gasteiger charge is -2.08. The molecule has 0 bridgehead atoms. The third-order valence-corrected chi connectivity index (χ3v) is 5.08. The molecular formula is C22H20FN7. The van der Waals surface area contributed by atoms with Gasteiger partial charge in [-0.1, -0.05) is 24.3 Å². The van der Waals surface area contributed by atoms with Crippen LogP contribution in [0.4, 0.5) is 10.2 Å². The molecule has 3 aromatic heterocycles. The van der Waals surface area contributed by atoms with E-state index in [1.165, 1.54) is 6.07 Å². The van der Waals surface area contributed by atoms with E-state index in [0.29, 0.717) is 29.4 Å². The van der Waals surface area contributed by atoms with Crippen LogP contribution in [0, 0.1) is 5.82 Å². The summed E-state index contributed by atoms with van der Waals surface area (Å²) in [6, 6.07) is 18.3. The van der Waals surface area contributed by atoms with Crippen molar-refractivity contribution in [3.05, 3.63) is 72.3 Å². The number of aromatic nitrogens is 6. The number of imidazole rings is 1. The predicted octanol–water partition coefficient (Wildman–Crippen LogP) is 3.95. The molecule has 8 heteroatoms. The van der Waals surface area contributed by atoms with Gasteiger partial charge in [0.15, 0.2) is 11.5 Å². The van der Waals surface area contributed by atoms with Crippen LogP contribution in [0.3, 0.4) is 0 Å². The van der Waals surface area contributed by atoms with Crippen molar-refractivity contribution in [3.8, 4) is 11.4 Å². The Morgan fingerprint density at radius 2 is 1.80 bits per heavy atom. The number of hydrogen-bond acceptors (Lipinski definition) is 5. The van der Waals surface area contributed by atoms with E-state index in [1.807, 2.05) is 30.3 Å². The highest BCUT2D eigenvalue weighted by atomic mass is 19.1. The van der Waals surface area contributed by atoms with Gasteiger partial charge in [-0.25, -0.2) is 9.37 Å². The van der Waals surface area contributed by atoms with Crippen molar-refractivity contribution in [3.63, 3.8) is 0 Å². The number of nitrogens with one attached hydrogen (secondary N) is 1. The summed E-state index contributed by atoms with van der Waals surface area (Å²) in [5.41, 5.74) is 3.08. The number of rotatable bonds is 6. The minimum absolute atomic E-state index is 0.356. The van der Waals surface area contributed by atoms with Crippen LogP contribution in [-0.4, -0.2) is 35.9 Å². The minimum Gasteiger partial charge on any atom is -0.368 e. The van der Waals surface area contributed by atoms with Crippen molar-refractivity contribution >= 4 is 22.5 Å². The third-order valence-electron chi connectivity index (χ3n) is 5.08. The maximum Gasteiger partial charge on any atom is 0.188 e. The van der Waals surface area contributed by atoms with E-state index in [2.05, 4.69) is 38.2 Å². The Balaban J connectivity index is 1.38. The molecular weight excluding hydrogens is 381 g/mol. The number of anilines is 1. The van der Waals surface area contributed by atoms with Crippen molar-refractivity contribution in [1.82, 2.24) is 29.4 Å². The van der Waals surface area contributed by atoms with E-state index in [-0.39, 0.29) is 5.82 Å². The van der Waals surface area contributed by atoms with Crippen molar-refractivity contribution in [1.29, 1.82) is 0 Å². The molecule has 0 saturated heterocycles. The van der Waals surface area contributed by atoms with E-state index >= 15 is 0 Å². The van der Waals surface area contributed by atoms with Crippen molar-refractivity contribution in [2.75, 3.05) is 11.9 Å². The fraction of sp³-hybridized carbons (Fsp3) is 0.182. The topological polar surface area (TPSA) is 72.9 Å². The van der Waals surface area contributed by atoms with E-state index in [4.69, 9.17) is 4.98 Å². The lowest BCUT2D eigenvalue weighted by atomic mass is 10.2. The Labute approximate surface area is 172 Å². The fourth-order valence-electron chi connectivity index (χ4n) is 3.67. The zero-order chi connectivity index (χ0) is 20.5. The fourth-order valence-corrected chi connectivity index (χ4v) is 3.67. The zero-order valence-corrected chi connectivity index (χ0v) is 16.5. The lowest BCUT2D eigenvalue weighted by Crippen LogP contribution is -2.12. The molecule has 0 amide bonds. The monoisotopic (exact) mass is 401 g/mol. The number of hydrogen-bond donors (Lipinski definition) is 1. The molecule has 0 spiro atoms. The summed E-state index contributed by atoms with van der Waals surface area (Å²) in [7, 11) is 0. The molecule has 30 heavy (non-hydrogen) atoms. The van der Waals surface area contributed by atoms with E-state index in [1.54, 1.807) is 22.7 Å². The standard InChI is InChI=1S/C22H20FN7/c1-2-29-18-10-6-5-9-17(18)25-20(29)13-14-24-19-11-12-21-26-27-22(30(21)28-19)15-7-3-4-8-16(15)23/h3-12H,2,13-14H2,1H3,(H,24,28). The quantitative estimate of drug-likeness (QED) is 0.466. The molecule has 5 aromatic rings. The van der Waals surface area contributed by atoms with E-state index < -0.39 is 0 Å². The van der Waals surface area contributed by atoms with Crippen LogP contribution in [0.2, 0.25) is 0 Å². The first kappa shape index (κ1) is 18.2. The summed E-state index contributed by atoms with van der Waals surface area (Å²) in [6.07, 6.45) is 0.755. The summed E-state index contributed by atoms with van der Waals surface area (Å²) >= 11 is 0. The van der Waals surface area contributed by atoms with Crippen molar-refractivity contribution in [2.24, 2.45) is 0 Å². The summed E-state index contributed by atoms with van der Waals surface area (Å²) in [5.74, 6) is 1.72. The van der Waals surface area contributed by atoms with Gasteiger partial charge in [0.1, 0.15) is 17.5 Å². The number of benzene rings is 2. The molecule has 7 nitrogen and oxygen atoms in total. The average molecular weight is 401 g/mol. The number of para-hydroxylation sites is 2. The van der Waals surface area contributed by atoms with Gasteiger partial charge in [-0.05, 0) is 43.3 Å². The Morgan fingerprint density at radius 1 is 0.967 bits per heavy atom. The summed E-state index contributed by atoms with van der Waals surface area (Å²) < 4.78 is 18.0. The van der Waals surface area contributed by atoms with Gasteiger partial charge in [0, 0.05) is 19.5 Å². The second kappa shape index (κ2) is 7.55. The van der Waals surface area contributed by atoms with Gasteiger partial charge >= 0.3 is 0 Å². The Kier molecular flexibility index (Phi) is 4.59. The Hall–Kier alpha value is -3.81. The first-order valence-corrected chi connectivity index (χ1v) is 9.90. The highest BCUT2D eigenvalue weighted by Crippen LogP contribution is 2.21. The maximum atomic E-state index is 14.2. The number of aryl methyl sites for hydroxylation is 1. The molecule has 5 rings (SSSR count). The predicted molar refractivity (Wildman–Crippen MR) is 114 cm³/mol. The average Bonchev–Trinajstić information content (AvgIpc) is 3.34. The summed E-state index contributed by atoms with van der Waals surface area (Å²) in [6.45, 7) is 3.66. The second-order valence-corrected chi connectivity index (χ2v) is 6.93. The molecule has 1 N–H and O–H groups in total. The molecule has 2 aromatic carbocycles. The lowest BCUT2D eigenvalue weighted by molar-refractivity contribution is 0.629. The summed E-state index contributed by atoms with van der Waals surface area (Å²) in [5, 5.41) is 16.1. The van der Waals surface area contributed by atoms with Crippen LogP contribution in [-0.2, 0) is 13.0 Å². The SMILES string of the molecule is CCn1c(CCNc2ccc3nnc(-c4ccccc4F)n3n2)nc2ccccc21. The largest absolute Gasteiger partial charge is 0.368 e. The third kappa shape index (κ3) is 3.16. The van der Waals surface area contributed by atoms with Crippen LogP contribution in [0.5, 0.6) is 0 Å². The Morgan fingerprint density at radius 3 is 2.67 bits per heavy atom. The van der Waals surface area contributed by atoms with Crippen LogP contribution in [0.25, 0.3) is 28.1 Å². The number of halogens is 1. The van der Waals surface area contributed by atoms with Gasteiger partial charge in [-0.2, -0.15) is 4.52 Å². The van der Waals surface area contributed by atoms with Crippen molar-refractivity contribution < 1.29 is 4.39 Å². The van der Waals surface area contributed by atoms with E-state index in [0.717, 1.165) is 29.8 Å². The van der Waals surface area contributed by atoms with Gasteiger partial charge in [0.2, 0.25) is 0 Å². The highest BCUT2D eigenvalue weighted by Gasteiger charge is 2.14. The Bertz CT molecular complexity index is 1340. The van der Waals surface area contributed by atoms with Gasteiger partial charge in [0.25, 0.3) is 0 Å². The van der Waals surface area contributed by atoms with Crippen LogP contribution < -0.4 is 5.32 Å². The van der Waals surface area contributed by atoms with Gasteiger partial charge < -0.3 is 9.88 Å². The van der Waals surface area contributed by atoms with Crippen LogP contribution >= 0.6 is 0 Å². The zero-order valence-electron chi connectivity index (χ0n) is 16.5. The molecule has 0 saturated carbocycles. The minimum atomic E-state index is -0.356. The molecule has 0 unspecified atom stereocenters. The molecule has 3 heterocycles. The molecule has 0 aliphatic carbocycles. The number of nitrogens with zero attached hydrogens (tertiary/aromatic N) is 6. The van der Waals surface area contributed by atoms with E-state index in [9.17, 15) is 4.39 Å². The molecule has 0 atom stereocenters. The molecule has 0 fully saturated rings. The summed E-state index contributed by atoms with van der Waals surface area (Å²) in [4.78, 5) is 4.76. The first-order chi connectivity index (χ1) is 14.7. The number of fused-ring (bicyclic) bond motifs is 2. The smallest absolute Gasteiger partial charge is 0.188 e. The molecule has 150 valence electrons. The molecule has 0 aliphatic heterocycles. The van der Waals surface area contributed by atoms with Gasteiger partial charge in [-0.3, -0.25) is 0 Å². The highest BCUT2D eigenvalue weighted by molar-refractivity contribution is 5.75. The molecule has 0 aliphatic rings. The van der Waals surface area contributed by atoms with Crippen LogP contribution in [0.15, 0.2) is 60.7 Å². The maximum absolute atomic E-state index is 14.2. The van der Waals surface area contributed by atoms with Crippen LogP contribution in [0.1, 0.15) is 12.7 Å². The first-order valence-electron chi connectivity index (χ1n) is 9.90. The second-order valence-electron chi connectivity index (χ2n) is 6.93.